The molecule has 1 rings (SSSR count). The largest absolute Gasteiger partial charge is 0.395 e. The number of aliphatic hydroxyl groups is 2. The van der Waals surface area contributed by atoms with Gasteiger partial charge >= 0.3 is 0 Å². The van der Waals surface area contributed by atoms with Crippen LogP contribution in [-0.2, 0) is 0 Å². The van der Waals surface area contributed by atoms with Gasteiger partial charge in [-0.25, -0.2) is 0 Å². The predicted molar refractivity (Wildman–Crippen MR) is 43.4 cm³/mol. The van der Waals surface area contributed by atoms with Gasteiger partial charge in [0.2, 0.25) is 0 Å². The third-order valence-electron chi connectivity index (χ3n) is 2.37. The zero-order chi connectivity index (χ0) is 8.10. The number of aliphatic hydroxyl groups excluding tert-OH is 2. The molecule has 0 spiro atoms. The first-order chi connectivity index (χ1) is 5.38. The molecule has 0 aromatic heterocycles. The Labute approximate surface area is 67.6 Å². The van der Waals surface area contributed by atoms with Crippen molar-refractivity contribution in [1.82, 2.24) is 4.90 Å². The second-order valence-electron chi connectivity index (χ2n) is 3.07. The zero-order valence-corrected chi connectivity index (χ0v) is 6.87. The molecule has 0 unspecified atom stereocenters. The van der Waals surface area contributed by atoms with Crippen LogP contribution in [0.4, 0.5) is 0 Å². The topological polar surface area (TPSA) is 43.7 Å². The van der Waals surface area contributed by atoms with E-state index in [1.165, 1.54) is 19.3 Å². The molecule has 0 atom stereocenters. The average molecular weight is 159 g/mol. The SMILES string of the molecule is OCCN(CCO)C1CCC1. The van der Waals surface area contributed by atoms with Gasteiger partial charge in [0.1, 0.15) is 0 Å². The smallest absolute Gasteiger partial charge is 0.0558 e. The molecule has 0 amide bonds. The van der Waals surface area contributed by atoms with Crippen molar-refractivity contribution >= 4 is 0 Å². The van der Waals surface area contributed by atoms with Gasteiger partial charge in [-0.05, 0) is 12.8 Å². The van der Waals surface area contributed by atoms with Crippen molar-refractivity contribution < 1.29 is 10.2 Å². The van der Waals surface area contributed by atoms with E-state index in [1.807, 2.05) is 0 Å². The van der Waals surface area contributed by atoms with Gasteiger partial charge in [0.25, 0.3) is 0 Å². The molecule has 1 saturated carbocycles. The average Bonchev–Trinajstić information content (AvgIpc) is 1.85. The van der Waals surface area contributed by atoms with Crippen LogP contribution in [0.2, 0.25) is 0 Å². The summed E-state index contributed by atoms with van der Waals surface area (Å²) < 4.78 is 0. The van der Waals surface area contributed by atoms with Gasteiger partial charge in [0.15, 0.2) is 0 Å². The van der Waals surface area contributed by atoms with Crippen molar-refractivity contribution in [2.75, 3.05) is 26.3 Å². The molecule has 0 heterocycles. The molecule has 1 aliphatic rings. The van der Waals surface area contributed by atoms with E-state index in [-0.39, 0.29) is 13.2 Å². The third-order valence-corrected chi connectivity index (χ3v) is 2.37. The van der Waals surface area contributed by atoms with E-state index in [2.05, 4.69) is 4.90 Å². The molecule has 2 N–H and O–H groups in total. The summed E-state index contributed by atoms with van der Waals surface area (Å²) in [5, 5.41) is 17.4. The molecule has 1 aliphatic carbocycles. The highest BCUT2D eigenvalue weighted by molar-refractivity contribution is 4.79. The Morgan fingerprint density at radius 3 is 1.91 bits per heavy atom. The van der Waals surface area contributed by atoms with E-state index in [4.69, 9.17) is 10.2 Å². The highest BCUT2D eigenvalue weighted by atomic mass is 16.3. The number of rotatable bonds is 5. The molecule has 3 heteroatoms. The van der Waals surface area contributed by atoms with E-state index < -0.39 is 0 Å². The van der Waals surface area contributed by atoms with Crippen LogP contribution in [0.5, 0.6) is 0 Å². The Kier molecular flexibility index (Phi) is 3.83. The molecule has 66 valence electrons. The van der Waals surface area contributed by atoms with Crippen LogP contribution in [0.3, 0.4) is 0 Å². The molecule has 0 aromatic rings. The maximum atomic E-state index is 8.71. The lowest BCUT2D eigenvalue weighted by Gasteiger charge is -2.36. The molecule has 0 saturated heterocycles. The van der Waals surface area contributed by atoms with Gasteiger partial charge in [0.05, 0.1) is 13.2 Å². The minimum atomic E-state index is 0.205. The second kappa shape index (κ2) is 4.70. The van der Waals surface area contributed by atoms with Gasteiger partial charge in [-0.2, -0.15) is 0 Å². The highest BCUT2D eigenvalue weighted by Gasteiger charge is 2.23. The summed E-state index contributed by atoms with van der Waals surface area (Å²) in [6.45, 7) is 1.84. The summed E-state index contributed by atoms with van der Waals surface area (Å²) in [6, 6.07) is 0.634. The summed E-state index contributed by atoms with van der Waals surface area (Å²) in [6.07, 6.45) is 3.78. The minimum Gasteiger partial charge on any atom is -0.395 e. The zero-order valence-electron chi connectivity index (χ0n) is 6.87. The van der Waals surface area contributed by atoms with Crippen molar-refractivity contribution in [3.63, 3.8) is 0 Å². The lowest BCUT2D eigenvalue weighted by atomic mass is 9.91. The van der Waals surface area contributed by atoms with E-state index in [9.17, 15) is 0 Å². The molecule has 3 nitrogen and oxygen atoms in total. The third kappa shape index (κ3) is 2.43. The van der Waals surface area contributed by atoms with Crippen LogP contribution in [0, 0.1) is 0 Å². The van der Waals surface area contributed by atoms with Crippen molar-refractivity contribution in [2.24, 2.45) is 0 Å². The Hall–Kier alpha value is -0.120. The van der Waals surface area contributed by atoms with Crippen LogP contribution in [-0.4, -0.2) is 47.5 Å². The fraction of sp³-hybridized carbons (Fsp3) is 1.00. The molecular formula is C8H17NO2. The van der Waals surface area contributed by atoms with Crippen LogP contribution in [0.15, 0.2) is 0 Å². The van der Waals surface area contributed by atoms with Gasteiger partial charge in [-0.15, -0.1) is 0 Å². The summed E-state index contributed by atoms with van der Waals surface area (Å²) in [5.74, 6) is 0. The Balaban J connectivity index is 2.19. The van der Waals surface area contributed by atoms with Gasteiger partial charge in [0, 0.05) is 19.1 Å². The van der Waals surface area contributed by atoms with Crippen LogP contribution in [0.1, 0.15) is 19.3 Å². The quantitative estimate of drug-likeness (QED) is 0.585. The lowest BCUT2D eigenvalue weighted by Crippen LogP contribution is -2.43. The predicted octanol–water partition coefficient (Wildman–Crippen LogP) is -0.175. The molecule has 0 radical (unpaired) electrons. The van der Waals surface area contributed by atoms with Crippen molar-refractivity contribution in [3.05, 3.63) is 0 Å². The molecule has 0 aromatic carbocycles. The summed E-state index contributed by atoms with van der Waals surface area (Å²) in [7, 11) is 0. The first-order valence-corrected chi connectivity index (χ1v) is 4.34. The van der Waals surface area contributed by atoms with E-state index in [1.54, 1.807) is 0 Å². The minimum absolute atomic E-state index is 0.205. The fourth-order valence-electron chi connectivity index (χ4n) is 1.49. The van der Waals surface area contributed by atoms with Crippen molar-refractivity contribution in [1.29, 1.82) is 0 Å². The Morgan fingerprint density at radius 2 is 1.64 bits per heavy atom. The fourth-order valence-corrected chi connectivity index (χ4v) is 1.49. The summed E-state index contributed by atoms with van der Waals surface area (Å²) in [4.78, 5) is 2.17. The first kappa shape index (κ1) is 8.97. The molecule has 0 bridgehead atoms. The van der Waals surface area contributed by atoms with E-state index in [0.29, 0.717) is 19.1 Å². The summed E-state index contributed by atoms with van der Waals surface area (Å²) >= 11 is 0. The lowest BCUT2D eigenvalue weighted by molar-refractivity contribution is 0.0819. The maximum Gasteiger partial charge on any atom is 0.0558 e. The molecule has 1 fully saturated rings. The van der Waals surface area contributed by atoms with E-state index in [0.717, 1.165) is 0 Å². The molecular weight excluding hydrogens is 142 g/mol. The van der Waals surface area contributed by atoms with Crippen LogP contribution in [0.25, 0.3) is 0 Å². The number of hydrogen-bond donors (Lipinski definition) is 2. The van der Waals surface area contributed by atoms with Gasteiger partial charge in [-0.1, -0.05) is 6.42 Å². The monoisotopic (exact) mass is 159 g/mol. The maximum absolute atomic E-state index is 8.71. The van der Waals surface area contributed by atoms with Crippen molar-refractivity contribution in [2.45, 2.75) is 25.3 Å². The number of hydrogen-bond acceptors (Lipinski definition) is 3. The van der Waals surface area contributed by atoms with Crippen LogP contribution >= 0.6 is 0 Å². The standard InChI is InChI=1S/C8H17NO2/c10-6-4-9(5-7-11)8-2-1-3-8/h8,10-11H,1-7H2. The number of nitrogens with zero attached hydrogens (tertiary/aromatic N) is 1. The second-order valence-corrected chi connectivity index (χ2v) is 3.07. The molecule has 11 heavy (non-hydrogen) atoms. The van der Waals surface area contributed by atoms with Crippen LogP contribution < -0.4 is 0 Å². The summed E-state index contributed by atoms with van der Waals surface area (Å²) in [5.41, 5.74) is 0. The first-order valence-electron chi connectivity index (χ1n) is 4.34. The molecule has 0 aliphatic heterocycles. The van der Waals surface area contributed by atoms with Crippen molar-refractivity contribution in [3.8, 4) is 0 Å². The van der Waals surface area contributed by atoms with E-state index >= 15 is 0 Å². The Morgan fingerprint density at radius 1 is 1.09 bits per heavy atom. The normalized spacial score (nSPS) is 18.8. The Bertz CT molecular complexity index is 98.3. The highest BCUT2D eigenvalue weighted by Crippen LogP contribution is 2.23. The van der Waals surface area contributed by atoms with Gasteiger partial charge < -0.3 is 10.2 Å². The van der Waals surface area contributed by atoms with Gasteiger partial charge in [-0.3, -0.25) is 4.90 Å².